The highest BCUT2D eigenvalue weighted by atomic mass is 16.5. The topological polar surface area (TPSA) is 24.5 Å². The van der Waals surface area contributed by atoms with Crippen LogP contribution in [0.5, 0.6) is 0 Å². The van der Waals surface area contributed by atoms with E-state index in [1.807, 2.05) is 0 Å². The van der Waals surface area contributed by atoms with Crippen molar-refractivity contribution in [2.75, 3.05) is 26.3 Å². The van der Waals surface area contributed by atoms with Crippen molar-refractivity contribution in [1.82, 2.24) is 10.2 Å². The van der Waals surface area contributed by atoms with Gasteiger partial charge in [0.2, 0.25) is 0 Å². The van der Waals surface area contributed by atoms with Crippen molar-refractivity contribution in [3.63, 3.8) is 0 Å². The van der Waals surface area contributed by atoms with Crippen LogP contribution >= 0.6 is 0 Å². The maximum atomic E-state index is 5.61. The molecule has 0 spiro atoms. The Bertz CT molecular complexity index is 259. The van der Waals surface area contributed by atoms with E-state index < -0.39 is 0 Å². The quantitative estimate of drug-likeness (QED) is 0.829. The molecular weight excluding hydrogens is 236 g/mol. The number of rotatable bonds is 5. The summed E-state index contributed by atoms with van der Waals surface area (Å²) in [5, 5.41) is 3.80. The first kappa shape index (κ1) is 15.3. The molecule has 112 valence electrons. The van der Waals surface area contributed by atoms with E-state index in [2.05, 4.69) is 31.0 Å². The van der Waals surface area contributed by atoms with Crippen LogP contribution in [0.4, 0.5) is 0 Å². The van der Waals surface area contributed by atoms with Crippen LogP contribution < -0.4 is 5.32 Å². The zero-order valence-corrected chi connectivity index (χ0v) is 13.0. The van der Waals surface area contributed by atoms with Gasteiger partial charge in [0.25, 0.3) is 0 Å². The van der Waals surface area contributed by atoms with Gasteiger partial charge in [-0.15, -0.1) is 0 Å². The second kappa shape index (κ2) is 7.61. The first-order chi connectivity index (χ1) is 9.26. The van der Waals surface area contributed by atoms with Crippen LogP contribution in [0.25, 0.3) is 0 Å². The fourth-order valence-corrected chi connectivity index (χ4v) is 3.77. The van der Waals surface area contributed by atoms with E-state index in [4.69, 9.17) is 4.74 Å². The van der Waals surface area contributed by atoms with Crippen molar-refractivity contribution in [3.05, 3.63) is 0 Å². The van der Waals surface area contributed by atoms with Crippen molar-refractivity contribution >= 4 is 0 Å². The second-order valence-corrected chi connectivity index (χ2v) is 6.38. The van der Waals surface area contributed by atoms with Crippen molar-refractivity contribution in [3.8, 4) is 0 Å². The zero-order valence-electron chi connectivity index (χ0n) is 13.0. The van der Waals surface area contributed by atoms with Crippen LogP contribution in [-0.2, 0) is 4.74 Å². The van der Waals surface area contributed by atoms with E-state index >= 15 is 0 Å². The fraction of sp³-hybridized carbons (Fsp3) is 1.00. The Kier molecular flexibility index (Phi) is 6.11. The van der Waals surface area contributed by atoms with E-state index in [1.165, 1.54) is 32.1 Å². The first-order valence-corrected chi connectivity index (χ1v) is 8.33. The Morgan fingerprint density at radius 3 is 2.79 bits per heavy atom. The van der Waals surface area contributed by atoms with E-state index in [0.29, 0.717) is 12.1 Å². The summed E-state index contributed by atoms with van der Waals surface area (Å²) >= 11 is 0. The average molecular weight is 268 g/mol. The number of morpholine rings is 1. The van der Waals surface area contributed by atoms with Crippen LogP contribution in [0.1, 0.15) is 52.9 Å². The normalized spacial score (nSPS) is 37.4. The van der Waals surface area contributed by atoms with E-state index in [-0.39, 0.29) is 0 Å². The molecular formula is C16H32N2O. The van der Waals surface area contributed by atoms with Crippen LogP contribution in [0.3, 0.4) is 0 Å². The average Bonchev–Trinajstić information content (AvgIpc) is 2.45. The molecule has 2 aliphatic rings. The predicted molar refractivity (Wildman–Crippen MR) is 80.5 cm³/mol. The fourth-order valence-electron chi connectivity index (χ4n) is 3.77. The summed E-state index contributed by atoms with van der Waals surface area (Å²) in [6.07, 6.45) is 6.72. The SMILES string of the molecule is CCCNC1CCC(CC)CC1N1CCOCC1C. The standard InChI is InChI=1S/C16H32N2O/c1-4-8-17-15-7-6-14(5-2)11-16(15)18-9-10-19-12-13(18)3/h13-17H,4-12H2,1-3H3. The molecule has 1 saturated carbocycles. The van der Waals surface area contributed by atoms with Crippen LogP contribution in [0, 0.1) is 5.92 Å². The third-order valence-electron chi connectivity index (χ3n) is 5.00. The van der Waals surface area contributed by atoms with Gasteiger partial charge in [0.1, 0.15) is 0 Å². The Hall–Kier alpha value is -0.120. The summed E-state index contributed by atoms with van der Waals surface area (Å²) in [5.74, 6) is 0.930. The summed E-state index contributed by atoms with van der Waals surface area (Å²) in [6.45, 7) is 11.0. The monoisotopic (exact) mass is 268 g/mol. The summed E-state index contributed by atoms with van der Waals surface area (Å²) in [5.41, 5.74) is 0. The van der Waals surface area contributed by atoms with Crippen molar-refractivity contribution in [2.24, 2.45) is 5.92 Å². The molecule has 1 aliphatic heterocycles. The number of ether oxygens (including phenoxy) is 1. The van der Waals surface area contributed by atoms with Gasteiger partial charge >= 0.3 is 0 Å². The molecule has 3 nitrogen and oxygen atoms in total. The Balaban J connectivity index is 2.00. The summed E-state index contributed by atoms with van der Waals surface area (Å²) in [7, 11) is 0. The lowest BCUT2D eigenvalue weighted by molar-refractivity contribution is -0.0424. The summed E-state index contributed by atoms with van der Waals surface area (Å²) < 4.78 is 5.61. The van der Waals surface area contributed by atoms with Gasteiger partial charge in [0.05, 0.1) is 13.2 Å². The van der Waals surface area contributed by atoms with Crippen LogP contribution in [0.2, 0.25) is 0 Å². The molecule has 0 radical (unpaired) electrons. The number of nitrogens with one attached hydrogen (secondary N) is 1. The number of hydrogen-bond donors (Lipinski definition) is 1. The largest absolute Gasteiger partial charge is 0.379 e. The maximum absolute atomic E-state index is 5.61. The molecule has 0 aromatic rings. The maximum Gasteiger partial charge on any atom is 0.0619 e. The lowest BCUT2D eigenvalue weighted by atomic mass is 9.79. The highest BCUT2D eigenvalue weighted by Gasteiger charge is 2.36. The number of nitrogens with zero attached hydrogens (tertiary/aromatic N) is 1. The van der Waals surface area contributed by atoms with Crippen molar-refractivity contribution in [2.45, 2.75) is 71.0 Å². The molecule has 1 aliphatic carbocycles. The zero-order chi connectivity index (χ0) is 13.7. The molecule has 1 heterocycles. The van der Waals surface area contributed by atoms with E-state index in [9.17, 15) is 0 Å². The Morgan fingerprint density at radius 1 is 1.26 bits per heavy atom. The van der Waals surface area contributed by atoms with Gasteiger partial charge in [0.15, 0.2) is 0 Å². The lowest BCUT2D eigenvalue weighted by Crippen LogP contribution is -2.59. The minimum atomic E-state index is 0.584. The summed E-state index contributed by atoms with van der Waals surface area (Å²) in [6, 6.07) is 2.01. The van der Waals surface area contributed by atoms with Crippen molar-refractivity contribution in [1.29, 1.82) is 0 Å². The molecule has 1 N–H and O–H groups in total. The first-order valence-electron chi connectivity index (χ1n) is 8.33. The molecule has 0 aromatic heterocycles. The van der Waals surface area contributed by atoms with Gasteiger partial charge in [-0.1, -0.05) is 20.3 Å². The number of hydrogen-bond acceptors (Lipinski definition) is 3. The molecule has 19 heavy (non-hydrogen) atoms. The smallest absolute Gasteiger partial charge is 0.0619 e. The van der Waals surface area contributed by atoms with Crippen molar-refractivity contribution < 1.29 is 4.74 Å². The van der Waals surface area contributed by atoms with Gasteiger partial charge in [0, 0.05) is 24.7 Å². The van der Waals surface area contributed by atoms with Gasteiger partial charge in [-0.3, -0.25) is 4.90 Å². The molecule has 0 aromatic carbocycles. The van der Waals surface area contributed by atoms with Gasteiger partial charge in [-0.05, 0) is 45.1 Å². The summed E-state index contributed by atoms with van der Waals surface area (Å²) in [4.78, 5) is 2.72. The minimum absolute atomic E-state index is 0.584. The van der Waals surface area contributed by atoms with Gasteiger partial charge in [-0.2, -0.15) is 0 Å². The van der Waals surface area contributed by atoms with Gasteiger partial charge < -0.3 is 10.1 Å². The third-order valence-corrected chi connectivity index (χ3v) is 5.00. The third kappa shape index (κ3) is 3.93. The van der Waals surface area contributed by atoms with Crippen LogP contribution in [0.15, 0.2) is 0 Å². The molecule has 0 amide bonds. The molecule has 1 saturated heterocycles. The predicted octanol–water partition coefficient (Wildman–Crippen LogP) is 2.65. The lowest BCUT2D eigenvalue weighted by Gasteiger charge is -2.47. The highest BCUT2D eigenvalue weighted by Crippen LogP contribution is 2.31. The molecule has 0 bridgehead atoms. The molecule has 2 fully saturated rings. The second-order valence-electron chi connectivity index (χ2n) is 6.38. The van der Waals surface area contributed by atoms with E-state index in [1.54, 1.807) is 0 Å². The van der Waals surface area contributed by atoms with Gasteiger partial charge in [-0.25, -0.2) is 0 Å². The molecule has 3 heteroatoms. The molecule has 4 unspecified atom stereocenters. The minimum Gasteiger partial charge on any atom is -0.379 e. The highest BCUT2D eigenvalue weighted by molar-refractivity contribution is 4.93. The van der Waals surface area contributed by atoms with Crippen LogP contribution in [-0.4, -0.2) is 49.3 Å². The molecule has 2 rings (SSSR count). The Labute approximate surface area is 119 Å². The van der Waals surface area contributed by atoms with E-state index in [0.717, 1.165) is 38.3 Å². The Morgan fingerprint density at radius 2 is 2.11 bits per heavy atom. The molecule has 4 atom stereocenters.